The second-order valence-electron chi connectivity index (χ2n) is 3.11. The molecular formula is C11H16O2S. The summed E-state index contributed by atoms with van der Waals surface area (Å²) < 4.78 is 5.26. The van der Waals surface area contributed by atoms with E-state index in [0.29, 0.717) is 6.42 Å². The first-order chi connectivity index (χ1) is 6.72. The summed E-state index contributed by atoms with van der Waals surface area (Å²) in [6.45, 7) is 2.23. The van der Waals surface area contributed by atoms with E-state index in [9.17, 15) is 0 Å². The minimum absolute atomic E-state index is 0.160. The molecule has 2 nitrogen and oxygen atoms in total. The molecule has 0 fully saturated rings. The fourth-order valence-corrected chi connectivity index (χ4v) is 2.07. The third-order valence-electron chi connectivity index (χ3n) is 2.18. The molecule has 0 saturated carbocycles. The zero-order valence-electron chi connectivity index (χ0n) is 8.83. The predicted octanol–water partition coefficient (Wildman–Crippen LogP) is 2.26. The van der Waals surface area contributed by atoms with E-state index < -0.39 is 0 Å². The van der Waals surface area contributed by atoms with E-state index in [4.69, 9.17) is 9.84 Å². The average molecular weight is 212 g/mol. The van der Waals surface area contributed by atoms with Gasteiger partial charge < -0.3 is 9.84 Å². The molecule has 14 heavy (non-hydrogen) atoms. The zero-order chi connectivity index (χ0) is 10.6. The first-order valence-corrected chi connectivity index (χ1v) is 5.77. The lowest BCUT2D eigenvalue weighted by atomic mass is 10.1. The summed E-state index contributed by atoms with van der Waals surface area (Å²) in [6.07, 6.45) is 2.70. The molecule has 3 heteroatoms. The maximum Gasteiger partial charge on any atom is 0.122 e. The highest BCUT2D eigenvalue weighted by Gasteiger charge is 2.06. The van der Waals surface area contributed by atoms with E-state index in [1.54, 1.807) is 18.9 Å². The molecule has 0 aliphatic rings. The molecule has 0 aliphatic carbocycles. The monoisotopic (exact) mass is 212 g/mol. The number of thioether (sulfide) groups is 1. The van der Waals surface area contributed by atoms with Gasteiger partial charge in [0.1, 0.15) is 5.75 Å². The molecule has 0 aromatic heterocycles. The summed E-state index contributed by atoms with van der Waals surface area (Å²) >= 11 is 1.72. The molecule has 0 heterocycles. The molecule has 78 valence electrons. The van der Waals surface area contributed by atoms with Gasteiger partial charge >= 0.3 is 0 Å². The number of aryl methyl sites for hydroxylation is 1. The van der Waals surface area contributed by atoms with Gasteiger partial charge in [-0.1, -0.05) is 0 Å². The van der Waals surface area contributed by atoms with E-state index in [1.807, 2.05) is 6.07 Å². The van der Waals surface area contributed by atoms with Gasteiger partial charge in [-0.2, -0.15) is 0 Å². The van der Waals surface area contributed by atoms with Crippen LogP contribution in [-0.4, -0.2) is 25.1 Å². The highest BCUT2D eigenvalue weighted by molar-refractivity contribution is 7.98. The molecule has 0 amide bonds. The fourth-order valence-electron chi connectivity index (χ4n) is 1.43. The average Bonchev–Trinajstić information content (AvgIpc) is 2.20. The predicted molar refractivity (Wildman–Crippen MR) is 60.3 cm³/mol. The number of rotatable bonds is 4. The van der Waals surface area contributed by atoms with Crippen LogP contribution in [0, 0.1) is 6.92 Å². The van der Waals surface area contributed by atoms with Gasteiger partial charge in [-0.25, -0.2) is 0 Å². The largest absolute Gasteiger partial charge is 0.496 e. The first kappa shape index (κ1) is 11.4. The molecule has 0 radical (unpaired) electrons. The van der Waals surface area contributed by atoms with Crippen molar-refractivity contribution < 1.29 is 9.84 Å². The number of methoxy groups -OCH3 is 1. The maximum absolute atomic E-state index is 8.91. The van der Waals surface area contributed by atoms with Crippen molar-refractivity contribution >= 4 is 11.8 Å². The SMILES string of the molecule is COc1cc(C)c(SC)cc1CCO. The molecular weight excluding hydrogens is 196 g/mol. The summed E-state index contributed by atoms with van der Waals surface area (Å²) in [4.78, 5) is 1.24. The van der Waals surface area contributed by atoms with E-state index in [0.717, 1.165) is 11.3 Å². The van der Waals surface area contributed by atoms with Crippen LogP contribution in [-0.2, 0) is 6.42 Å². The molecule has 0 unspecified atom stereocenters. The quantitative estimate of drug-likeness (QED) is 0.776. The number of aliphatic hydroxyl groups is 1. The van der Waals surface area contributed by atoms with Crippen LogP contribution in [0.5, 0.6) is 5.75 Å². The normalized spacial score (nSPS) is 10.3. The number of aliphatic hydroxyl groups excluding tert-OH is 1. The van der Waals surface area contributed by atoms with Crippen molar-refractivity contribution in [2.45, 2.75) is 18.2 Å². The maximum atomic E-state index is 8.91. The van der Waals surface area contributed by atoms with Crippen molar-refractivity contribution in [3.05, 3.63) is 23.3 Å². The Morgan fingerprint density at radius 2 is 2.14 bits per heavy atom. The molecule has 0 aliphatic heterocycles. The van der Waals surface area contributed by atoms with Crippen molar-refractivity contribution in [1.82, 2.24) is 0 Å². The summed E-state index contributed by atoms with van der Waals surface area (Å²) in [5, 5.41) is 8.91. The molecule has 0 saturated heterocycles. The zero-order valence-corrected chi connectivity index (χ0v) is 9.65. The van der Waals surface area contributed by atoms with Gasteiger partial charge in [0.2, 0.25) is 0 Å². The first-order valence-electron chi connectivity index (χ1n) is 4.55. The van der Waals surface area contributed by atoms with E-state index in [2.05, 4.69) is 19.2 Å². The molecule has 1 aromatic rings. The molecule has 0 spiro atoms. The van der Waals surface area contributed by atoms with Gasteiger partial charge in [0.25, 0.3) is 0 Å². The van der Waals surface area contributed by atoms with E-state index in [1.165, 1.54) is 10.5 Å². The Morgan fingerprint density at radius 1 is 1.43 bits per heavy atom. The van der Waals surface area contributed by atoms with Crippen LogP contribution in [0.2, 0.25) is 0 Å². The summed E-state index contributed by atoms with van der Waals surface area (Å²) in [5.74, 6) is 0.870. The number of benzene rings is 1. The Bertz CT molecular complexity index is 310. The fraction of sp³-hybridized carbons (Fsp3) is 0.455. The summed E-state index contributed by atoms with van der Waals surface area (Å²) in [6, 6.07) is 4.12. The van der Waals surface area contributed by atoms with Crippen LogP contribution < -0.4 is 4.74 Å². The summed E-state index contributed by atoms with van der Waals surface area (Å²) in [5.41, 5.74) is 2.29. The Labute approximate surface area is 89.3 Å². The van der Waals surface area contributed by atoms with E-state index >= 15 is 0 Å². The Balaban J connectivity index is 3.11. The van der Waals surface area contributed by atoms with Crippen molar-refractivity contribution in [3.8, 4) is 5.75 Å². The summed E-state index contributed by atoms with van der Waals surface area (Å²) in [7, 11) is 1.66. The lowest BCUT2D eigenvalue weighted by Gasteiger charge is -2.11. The second-order valence-corrected chi connectivity index (χ2v) is 3.96. The molecule has 1 aromatic carbocycles. The minimum Gasteiger partial charge on any atom is -0.496 e. The van der Waals surface area contributed by atoms with Gasteiger partial charge in [-0.05, 0) is 42.9 Å². The van der Waals surface area contributed by atoms with Crippen LogP contribution in [0.25, 0.3) is 0 Å². The lowest BCUT2D eigenvalue weighted by molar-refractivity contribution is 0.296. The highest BCUT2D eigenvalue weighted by Crippen LogP contribution is 2.28. The Kier molecular flexibility index (Phi) is 4.29. The third kappa shape index (κ3) is 2.42. The van der Waals surface area contributed by atoms with Crippen LogP contribution >= 0.6 is 11.8 Å². The molecule has 1 N–H and O–H groups in total. The molecule has 0 bridgehead atoms. The van der Waals surface area contributed by atoms with E-state index in [-0.39, 0.29) is 6.61 Å². The van der Waals surface area contributed by atoms with Gasteiger partial charge in [0, 0.05) is 11.5 Å². The Morgan fingerprint density at radius 3 is 2.64 bits per heavy atom. The smallest absolute Gasteiger partial charge is 0.122 e. The van der Waals surface area contributed by atoms with Gasteiger partial charge in [0.05, 0.1) is 7.11 Å². The Hall–Kier alpha value is -0.670. The minimum atomic E-state index is 0.160. The van der Waals surface area contributed by atoms with Crippen LogP contribution in [0.3, 0.4) is 0 Å². The topological polar surface area (TPSA) is 29.5 Å². The van der Waals surface area contributed by atoms with Gasteiger partial charge in [-0.3, -0.25) is 0 Å². The second kappa shape index (κ2) is 5.27. The van der Waals surface area contributed by atoms with Crippen molar-refractivity contribution in [3.63, 3.8) is 0 Å². The van der Waals surface area contributed by atoms with Crippen LogP contribution in [0.4, 0.5) is 0 Å². The van der Waals surface area contributed by atoms with Crippen molar-refractivity contribution in [2.24, 2.45) is 0 Å². The number of hydrogen-bond donors (Lipinski definition) is 1. The van der Waals surface area contributed by atoms with Crippen LogP contribution in [0.1, 0.15) is 11.1 Å². The third-order valence-corrected chi connectivity index (χ3v) is 3.06. The van der Waals surface area contributed by atoms with Crippen LogP contribution in [0.15, 0.2) is 17.0 Å². The van der Waals surface area contributed by atoms with Crippen molar-refractivity contribution in [1.29, 1.82) is 0 Å². The standard InChI is InChI=1S/C11H16O2S/c1-8-6-10(13-2)9(4-5-12)7-11(8)14-3/h6-7,12H,4-5H2,1-3H3. The number of hydrogen-bond acceptors (Lipinski definition) is 3. The molecule has 1 rings (SSSR count). The van der Waals surface area contributed by atoms with Crippen molar-refractivity contribution in [2.75, 3.05) is 20.0 Å². The van der Waals surface area contributed by atoms with Gasteiger partial charge in [-0.15, -0.1) is 11.8 Å². The highest BCUT2D eigenvalue weighted by atomic mass is 32.2. The van der Waals surface area contributed by atoms with Gasteiger partial charge in [0.15, 0.2) is 0 Å². The molecule has 0 atom stereocenters. The number of ether oxygens (including phenoxy) is 1. The lowest BCUT2D eigenvalue weighted by Crippen LogP contribution is -1.97.